The predicted molar refractivity (Wildman–Crippen MR) is 61.8 cm³/mol. The third-order valence-electron chi connectivity index (χ3n) is 2.08. The number of nitrogens with two attached hydrogens (primary N) is 1. The molecule has 3 N–H and O–H groups in total. The largest absolute Gasteiger partial charge is 0.451 e. The van der Waals surface area contributed by atoms with Crippen molar-refractivity contribution < 1.29 is 13.2 Å². The van der Waals surface area contributed by atoms with Crippen LogP contribution in [0.15, 0.2) is 29.4 Å². The summed E-state index contributed by atoms with van der Waals surface area (Å²) in [5, 5.41) is 5.43. The van der Waals surface area contributed by atoms with E-state index in [1.165, 1.54) is 0 Å². The number of H-pyrrole nitrogens is 1. The summed E-state index contributed by atoms with van der Waals surface area (Å²) in [7, 11) is 0. The summed E-state index contributed by atoms with van der Waals surface area (Å²) in [6.07, 6.45) is -4.49. The van der Waals surface area contributed by atoms with Crippen molar-refractivity contribution in [3.63, 3.8) is 0 Å². The summed E-state index contributed by atoms with van der Waals surface area (Å²) in [6.45, 7) is 0. The first-order chi connectivity index (χ1) is 8.45. The van der Waals surface area contributed by atoms with Gasteiger partial charge >= 0.3 is 6.18 Å². The fourth-order valence-corrected chi connectivity index (χ4v) is 1.95. The highest BCUT2D eigenvalue weighted by Crippen LogP contribution is 2.28. The van der Waals surface area contributed by atoms with Crippen LogP contribution < -0.4 is 5.73 Å². The number of aromatic amines is 1. The molecule has 0 saturated heterocycles. The van der Waals surface area contributed by atoms with Crippen LogP contribution >= 0.6 is 11.8 Å². The third kappa shape index (κ3) is 3.16. The minimum atomic E-state index is -4.49. The van der Waals surface area contributed by atoms with Crippen LogP contribution in [0.25, 0.3) is 0 Å². The van der Waals surface area contributed by atoms with Crippen LogP contribution in [0.5, 0.6) is 0 Å². The van der Waals surface area contributed by atoms with Gasteiger partial charge in [-0.2, -0.15) is 18.2 Å². The van der Waals surface area contributed by atoms with Crippen LogP contribution in [0.4, 0.5) is 18.9 Å². The van der Waals surface area contributed by atoms with E-state index in [2.05, 4.69) is 10.1 Å². The van der Waals surface area contributed by atoms with E-state index in [-0.39, 0.29) is 5.16 Å². The second-order valence-electron chi connectivity index (χ2n) is 3.49. The number of nitrogens with zero attached hydrogens (tertiary/aromatic N) is 2. The number of nitrogens with one attached hydrogen (secondary N) is 1. The van der Waals surface area contributed by atoms with Crippen LogP contribution in [-0.4, -0.2) is 15.2 Å². The molecule has 0 spiro atoms. The smallest absolute Gasteiger partial charge is 0.399 e. The van der Waals surface area contributed by atoms with Gasteiger partial charge in [0, 0.05) is 11.4 Å². The van der Waals surface area contributed by atoms with Gasteiger partial charge in [-0.05, 0) is 17.7 Å². The van der Waals surface area contributed by atoms with E-state index in [4.69, 9.17) is 5.73 Å². The minimum absolute atomic E-state index is 0.0687. The lowest BCUT2D eigenvalue weighted by Crippen LogP contribution is -2.07. The summed E-state index contributed by atoms with van der Waals surface area (Å²) >= 11 is 1.12. The standard InChI is InChI=1S/C10H9F3N4S/c11-10(12,13)8-15-9(17-16-8)18-5-6-1-3-7(14)4-2-6/h1-4H,5,14H2,(H,15,16,17). The Kier molecular flexibility index (Phi) is 3.46. The summed E-state index contributed by atoms with van der Waals surface area (Å²) in [6, 6.07) is 7.07. The molecule has 0 aliphatic carbocycles. The van der Waals surface area contributed by atoms with E-state index in [9.17, 15) is 13.2 Å². The maximum absolute atomic E-state index is 12.3. The van der Waals surface area contributed by atoms with Crippen molar-refractivity contribution in [2.24, 2.45) is 0 Å². The maximum atomic E-state index is 12.3. The lowest BCUT2D eigenvalue weighted by Gasteiger charge is -1.99. The highest BCUT2D eigenvalue weighted by Gasteiger charge is 2.35. The van der Waals surface area contributed by atoms with E-state index in [0.29, 0.717) is 11.4 Å². The molecule has 0 atom stereocenters. The molecule has 1 aromatic carbocycles. The number of halogens is 3. The maximum Gasteiger partial charge on any atom is 0.451 e. The van der Waals surface area contributed by atoms with E-state index < -0.39 is 12.0 Å². The van der Waals surface area contributed by atoms with Crippen molar-refractivity contribution in [2.75, 3.05) is 5.73 Å². The Bertz CT molecular complexity index is 521. The van der Waals surface area contributed by atoms with Gasteiger partial charge in [-0.15, -0.1) is 5.10 Å². The zero-order valence-corrected chi connectivity index (χ0v) is 9.85. The molecule has 0 unspecified atom stereocenters. The monoisotopic (exact) mass is 274 g/mol. The van der Waals surface area contributed by atoms with Crippen molar-refractivity contribution in [1.82, 2.24) is 15.2 Å². The van der Waals surface area contributed by atoms with Gasteiger partial charge in [-0.25, -0.2) is 0 Å². The molecule has 4 nitrogen and oxygen atoms in total. The Morgan fingerprint density at radius 2 is 1.89 bits per heavy atom. The molecule has 0 fully saturated rings. The average Bonchev–Trinajstić information content (AvgIpc) is 2.77. The van der Waals surface area contributed by atoms with Gasteiger partial charge < -0.3 is 5.73 Å². The number of hydrogen-bond acceptors (Lipinski definition) is 4. The Morgan fingerprint density at radius 1 is 1.22 bits per heavy atom. The second kappa shape index (κ2) is 4.89. The van der Waals surface area contributed by atoms with Crippen molar-refractivity contribution in [1.29, 1.82) is 0 Å². The lowest BCUT2D eigenvalue weighted by atomic mass is 10.2. The first-order valence-corrected chi connectivity index (χ1v) is 5.90. The summed E-state index contributed by atoms with van der Waals surface area (Å²) in [5.74, 6) is -0.600. The summed E-state index contributed by atoms with van der Waals surface area (Å²) < 4.78 is 36.8. The van der Waals surface area contributed by atoms with E-state index in [1.54, 1.807) is 24.3 Å². The van der Waals surface area contributed by atoms with Crippen molar-refractivity contribution in [3.8, 4) is 0 Å². The van der Waals surface area contributed by atoms with Gasteiger partial charge in [0.05, 0.1) is 0 Å². The molecular weight excluding hydrogens is 265 g/mol. The first kappa shape index (κ1) is 12.7. The zero-order chi connectivity index (χ0) is 13.2. The predicted octanol–water partition coefficient (Wildman–Crippen LogP) is 2.70. The number of thioether (sulfide) groups is 1. The van der Waals surface area contributed by atoms with Gasteiger partial charge in [0.1, 0.15) is 0 Å². The van der Waals surface area contributed by atoms with Crippen molar-refractivity contribution in [3.05, 3.63) is 35.7 Å². The normalized spacial score (nSPS) is 11.7. The minimum Gasteiger partial charge on any atom is -0.399 e. The molecule has 1 heterocycles. The SMILES string of the molecule is Nc1ccc(CSc2n[nH]c(C(F)(F)F)n2)cc1. The first-order valence-electron chi connectivity index (χ1n) is 4.92. The Morgan fingerprint density at radius 3 is 2.44 bits per heavy atom. The van der Waals surface area contributed by atoms with E-state index in [0.717, 1.165) is 17.3 Å². The molecule has 1 aromatic heterocycles. The highest BCUT2D eigenvalue weighted by molar-refractivity contribution is 7.98. The van der Waals surface area contributed by atoms with Crippen LogP contribution in [0.3, 0.4) is 0 Å². The molecule has 18 heavy (non-hydrogen) atoms. The zero-order valence-electron chi connectivity index (χ0n) is 9.03. The Hall–Kier alpha value is -1.70. The molecule has 0 bridgehead atoms. The fraction of sp³-hybridized carbons (Fsp3) is 0.200. The fourth-order valence-electron chi connectivity index (χ4n) is 1.20. The van der Waals surface area contributed by atoms with Gasteiger partial charge in [-0.1, -0.05) is 23.9 Å². The number of rotatable bonds is 3. The van der Waals surface area contributed by atoms with E-state index in [1.807, 2.05) is 5.10 Å². The number of anilines is 1. The molecule has 0 aliphatic rings. The number of hydrogen-bond donors (Lipinski definition) is 2. The molecule has 0 saturated carbocycles. The molecule has 0 aliphatic heterocycles. The summed E-state index contributed by atoms with van der Waals surface area (Å²) in [5.41, 5.74) is 7.10. The number of nitrogen functional groups attached to an aromatic ring is 1. The molecule has 8 heteroatoms. The van der Waals surface area contributed by atoms with Crippen LogP contribution in [0.1, 0.15) is 11.4 Å². The average molecular weight is 274 g/mol. The quantitative estimate of drug-likeness (QED) is 0.667. The number of alkyl halides is 3. The molecule has 0 radical (unpaired) electrons. The van der Waals surface area contributed by atoms with Gasteiger partial charge in [0.2, 0.25) is 11.0 Å². The van der Waals surface area contributed by atoms with Crippen LogP contribution in [0.2, 0.25) is 0 Å². The van der Waals surface area contributed by atoms with Gasteiger partial charge in [-0.3, -0.25) is 5.10 Å². The third-order valence-corrected chi connectivity index (χ3v) is 3.00. The number of benzene rings is 1. The molecular formula is C10H9F3N4S. The van der Waals surface area contributed by atoms with E-state index >= 15 is 0 Å². The van der Waals surface area contributed by atoms with Gasteiger partial charge in [0.25, 0.3) is 0 Å². The topological polar surface area (TPSA) is 67.6 Å². The second-order valence-corrected chi connectivity index (χ2v) is 4.44. The highest BCUT2D eigenvalue weighted by atomic mass is 32.2. The molecule has 0 amide bonds. The van der Waals surface area contributed by atoms with Gasteiger partial charge in [0.15, 0.2) is 0 Å². The molecule has 2 aromatic rings. The molecule has 96 valence electrons. The van der Waals surface area contributed by atoms with Crippen LogP contribution in [0, 0.1) is 0 Å². The Balaban J connectivity index is 1.98. The van der Waals surface area contributed by atoms with Crippen molar-refractivity contribution in [2.45, 2.75) is 17.1 Å². The summed E-state index contributed by atoms with van der Waals surface area (Å²) in [4.78, 5) is 3.36. The molecule has 2 rings (SSSR count). The van der Waals surface area contributed by atoms with Crippen LogP contribution in [-0.2, 0) is 11.9 Å². The number of aromatic nitrogens is 3. The van der Waals surface area contributed by atoms with Crippen molar-refractivity contribution >= 4 is 17.4 Å². The Labute approximate surface area is 105 Å². The lowest BCUT2D eigenvalue weighted by molar-refractivity contribution is -0.144.